The normalized spacial score (nSPS) is 24.1. The van der Waals surface area contributed by atoms with Crippen LogP contribution in [0.5, 0.6) is 0 Å². The number of aryl methyl sites for hydroxylation is 1. The smallest absolute Gasteiger partial charge is 0.225 e. The van der Waals surface area contributed by atoms with E-state index in [1.54, 1.807) is 4.68 Å². The van der Waals surface area contributed by atoms with Crippen molar-refractivity contribution >= 4 is 21.6 Å². The van der Waals surface area contributed by atoms with Crippen LogP contribution in [-0.4, -0.2) is 35.6 Å². The summed E-state index contributed by atoms with van der Waals surface area (Å²) >= 11 is 0. The molecule has 2 fully saturated rings. The number of carbonyl (C=O) groups is 1. The van der Waals surface area contributed by atoms with Gasteiger partial charge in [-0.15, -0.1) is 0 Å². The van der Waals surface area contributed by atoms with E-state index in [1.807, 2.05) is 13.0 Å². The summed E-state index contributed by atoms with van der Waals surface area (Å²) in [4.78, 5) is 12.3. The highest BCUT2D eigenvalue weighted by Crippen LogP contribution is 2.29. The molecular formula is C17H27N3O3S. The van der Waals surface area contributed by atoms with E-state index < -0.39 is 9.84 Å². The zero-order valence-electron chi connectivity index (χ0n) is 14.3. The SMILES string of the molecule is Cc1cc(NC(=O)CCC2CCCCC2)n([C@H]2CCS(=O)(=O)C2)n1. The Morgan fingerprint density at radius 3 is 2.71 bits per heavy atom. The topological polar surface area (TPSA) is 81.1 Å². The lowest BCUT2D eigenvalue weighted by Gasteiger charge is -2.21. The zero-order valence-corrected chi connectivity index (χ0v) is 15.1. The molecular weight excluding hydrogens is 326 g/mol. The van der Waals surface area contributed by atoms with Gasteiger partial charge in [-0.3, -0.25) is 4.79 Å². The van der Waals surface area contributed by atoms with Crippen LogP contribution in [0.1, 0.15) is 63.1 Å². The van der Waals surface area contributed by atoms with Crippen molar-refractivity contribution < 1.29 is 13.2 Å². The summed E-state index contributed by atoms with van der Waals surface area (Å²) in [6.07, 6.45) is 8.41. The molecule has 24 heavy (non-hydrogen) atoms. The van der Waals surface area contributed by atoms with Crippen LogP contribution < -0.4 is 5.32 Å². The minimum absolute atomic E-state index is 0.00239. The minimum atomic E-state index is -2.98. The molecule has 3 rings (SSSR count). The van der Waals surface area contributed by atoms with Crippen LogP contribution in [0.3, 0.4) is 0 Å². The van der Waals surface area contributed by atoms with Crippen molar-refractivity contribution in [2.75, 3.05) is 16.8 Å². The number of anilines is 1. The number of hydrogen-bond acceptors (Lipinski definition) is 4. The summed E-state index contributed by atoms with van der Waals surface area (Å²) in [6.45, 7) is 1.86. The Kier molecular flexibility index (Phi) is 5.27. The van der Waals surface area contributed by atoms with Gasteiger partial charge in [-0.1, -0.05) is 32.1 Å². The Bertz CT molecular complexity index is 690. The van der Waals surface area contributed by atoms with E-state index in [2.05, 4.69) is 10.4 Å². The van der Waals surface area contributed by atoms with E-state index in [-0.39, 0.29) is 23.5 Å². The Balaban J connectivity index is 1.59. The molecule has 0 unspecified atom stereocenters. The maximum atomic E-state index is 12.3. The molecule has 2 heterocycles. The van der Waals surface area contributed by atoms with Gasteiger partial charge in [-0.05, 0) is 25.7 Å². The minimum Gasteiger partial charge on any atom is -0.311 e. The van der Waals surface area contributed by atoms with Gasteiger partial charge in [0.1, 0.15) is 5.82 Å². The third-order valence-corrected chi connectivity index (χ3v) is 6.93. The second-order valence-electron chi connectivity index (χ2n) is 7.26. The Hall–Kier alpha value is -1.37. The molecule has 2 aliphatic rings. The summed E-state index contributed by atoms with van der Waals surface area (Å²) in [5.74, 6) is 1.62. The molecule has 1 N–H and O–H groups in total. The molecule has 1 atom stereocenters. The predicted octanol–water partition coefficient (Wildman–Crippen LogP) is 2.85. The molecule has 0 radical (unpaired) electrons. The van der Waals surface area contributed by atoms with Gasteiger partial charge in [0.25, 0.3) is 0 Å². The Labute approximate surface area is 143 Å². The standard InChI is InChI=1S/C17H27N3O3S/c1-13-11-16(20(19-13)15-9-10-24(22,23)12-15)18-17(21)8-7-14-5-3-2-4-6-14/h11,14-15H,2-10,12H2,1H3,(H,18,21)/t15-/m0/s1. The second kappa shape index (κ2) is 7.25. The molecule has 134 valence electrons. The third kappa shape index (κ3) is 4.37. The molecule has 1 saturated heterocycles. The second-order valence-corrected chi connectivity index (χ2v) is 9.49. The number of hydrogen-bond donors (Lipinski definition) is 1. The molecule has 1 saturated carbocycles. The molecule has 1 aliphatic carbocycles. The van der Waals surface area contributed by atoms with Crippen LogP contribution in [0.4, 0.5) is 5.82 Å². The van der Waals surface area contributed by atoms with Gasteiger partial charge in [-0.2, -0.15) is 5.10 Å². The lowest BCUT2D eigenvalue weighted by atomic mass is 9.86. The largest absolute Gasteiger partial charge is 0.311 e. The molecule has 1 aromatic heterocycles. The van der Waals surface area contributed by atoms with E-state index in [9.17, 15) is 13.2 Å². The van der Waals surface area contributed by atoms with Crippen LogP contribution >= 0.6 is 0 Å². The van der Waals surface area contributed by atoms with Gasteiger partial charge >= 0.3 is 0 Å². The number of nitrogens with zero attached hydrogens (tertiary/aromatic N) is 2. The highest BCUT2D eigenvalue weighted by atomic mass is 32.2. The Morgan fingerprint density at radius 2 is 2.04 bits per heavy atom. The van der Waals surface area contributed by atoms with Crippen molar-refractivity contribution in [3.8, 4) is 0 Å². The highest BCUT2D eigenvalue weighted by Gasteiger charge is 2.31. The molecule has 0 aromatic carbocycles. The van der Waals surface area contributed by atoms with Crippen LogP contribution in [0, 0.1) is 12.8 Å². The predicted molar refractivity (Wildman–Crippen MR) is 93.7 cm³/mol. The lowest BCUT2D eigenvalue weighted by Crippen LogP contribution is -2.20. The van der Waals surface area contributed by atoms with Gasteiger partial charge < -0.3 is 5.32 Å². The average Bonchev–Trinajstić information content (AvgIpc) is 3.08. The van der Waals surface area contributed by atoms with Crippen LogP contribution in [0.25, 0.3) is 0 Å². The monoisotopic (exact) mass is 353 g/mol. The first-order valence-corrected chi connectivity index (χ1v) is 10.8. The van der Waals surface area contributed by atoms with E-state index in [4.69, 9.17) is 0 Å². The first-order chi connectivity index (χ1) is 11.4. The number of nitrogens with one attached hydrogen (secondary N) is 1. The zero-order chi connectivity index (χ0) is 17.2. The molecule has 0 bridgehead atoms. The quantitative estimate of drug-likeness (QED) is 0.882. The Morgan fingerprint density at radius 1 is 1.29 bits per heavy atom. The van der Waals surface area contributed by atoms with E-state index >= 15 is 0 Å². The van der Waals surface area contributed by atoms with Crippen molar-refractivity contribution in [1.82, 2.24) is 9.78 Å². The van der Waals surface area contributed by atoms with Crippen molar-refractivity contribution in [3.63, 3.8) is 0 Å². The number of amides is 1. The van der Waals surface area contributed by atoms with Gasteiger partial charge in [0.05, 0.1) is 23.2 Å². The average molecular weight is 353 g/mol. The summed E-state index contributed by atoms with van der Waals surface area (Å²) in [5.41, 5.74) is 0.793. The third-order valence-electron chi connectivity index (χ3n) is 5.18. The lowest BCUT2D eigenvalue weighted by molar-refractivity contribution is -0.116. The maximum Gasteiger partial charge on any atom is 0.225 e. The summed E-state index contributed by atoms with van der Waals surface area (Å²) in [7, 11) is -2.98. The maximum absolute atomic E-state index is 12.3. The molecule has 0 spiro atoms. The molecule has 1 aromatic rings. The van der Waals surface area contributed by atoms with Gasteiger partial charge in [0.2, 0.25) is 5.91 Å². The van der Waals surface area contributed by atoms with E-state index in [1.165, 1.54) is 32.1 Å². The molecule has 1 amide bonds. The summed E-state index contributed by atoms with van der Waals surface area (Å²) < 4.78 is 25.1. The number of carbonyl (C=O) groups excluding carboxylic acids is 1. The van der Waals surface area contributed by atoms with Crippen molar-refractivity contribution in [2.45, 2.75) is 64.3 Å². The molecule has 1 aliphatic heterocycles. The summed E-state index contributed by atoms with van der Waals surface area (Å²) in [5, 5.41) is 7.34. The van der Waals surface area contributed by atoms with Gasteiger partial charge in [0, 0.05) is 12.5 Å². The van der Waals surface area contributed by atoms with Crippen LogP contribution in [0.2, 0.25) is 0 Å². The van der Waals surface area contributed by atoms with E-state index in [0.717, 1.165) is 12.1 Å². The van der Waals surface area contributed by atoms with Crippen LogP contribution in [0.15, 0.2) is 6.07 Å². The van der Waals surface area contributed by atoms with E-state index in [0.29, 0.717) is 24.6 Å². The first kappa shape index (κ1) is 17.5. The number of aromatic nitrogens is 2. The highest BCUT2D eigenvalue weighted by molar-refractivity contribution is 7.91. The molecule has 6 nitrogen and oxygen atoms in total. The van der Waals surface area contributed by atoms with Gasteiger partial charge in [-0.25, -0.2) is 13.1 Å². The van der Waals surface area contributed by atoms with Gasteiger partial charge in [0.15, 0.2) is 9.84 Å². The first-order valence-electron chi connectivity index (χ1n) is 8.99. The molecule has 7 heteroatoms. The van der Waals surface area contributed by atoms with Crippen LogP contribution in [-0.2, 0) is 14.6 Å². The van der Waals surface area contributed by atoms with Crippen molar-refractivity contribution in [3.05, 3.63) is 11.8 Å². The fourth-order valence-electron chi connectivity index (χ4n) is 3.87. The fourth-order valence-corrected chi connectivity index (χ4v) is 5.56. The fraction of sp³-hybridized carbons (Fsp3) is 0.765. The summed E-state index contributed by atoms with van der Waals surface area (Å²) in [6, 6.07) is 1.65. The van der Waals surface area contributed by atoms with Crippen molar-refractivity contribution in [2.24, 2.45) is 5.92 Å². The number of sulfone groups is 1. The van der Waals surface area contributed by atoms with Crippen molar-refractivity contribution in [1.29, 1.82) is 0 Å². The number of rotatable bonds is 5.